The van der Waals surface area contributed by atoms with Crippen LogP contribution < -0.4 is 15.8 Å². The Morgan fingerprint density at radius 3 is 2.78 bits per heavy atom. The number of aromatic nitrogens is 1. The summed E-state index contributed by atoms with van der Waals surface area (Å²) in [5, 5.41) is 12.2. The van der Waals surface area contributed by atoms with Gasteiger partial charge in [0.1, 0.15) is 17.6 Å². The van der Waals surface area contributed by atoms with Crippen LogP contribution in [0.15, 0.2) is 36.5 Å². The Morgan fingerprint density at radius 2 is 2.17 bits per heavy atom. The number of nitriles is 1. The third-order valence-corrected chi connectivity index (χ3v) is 2.42. The van der Waals surface area contributed by atoms with Gasteiger partial charge in [0.05, 0.1) is 30.2 Å². The predicted octanol–water partition coefficient (Wildman–Crippen LogP) is 2.29. The summed E-state index contributed by atoms with van der Waals surface area (Å²) in [4.78, 5) is 3.98. The highest BCUT2D eigenvalue weighted by atomic mass is 16.5. The maximum atomic E-state index is 9.08. The standard InChI is InChI=1S/C13H12N4O/c1-18-11-4-2-3-9(7-14)13(11)17-10-5-6-12(15)16-8-10/h2-6,8,17H,1H3,(H2,15,16). The maximum Gasteiger partial charge on any atom is 0.143 e. The second-order valence-electron chi connectivity index (χ2n) is 3.59. The molecule has 0 bridgehead atoms. The predicted molar refractivity (Wildman–Crippen MR) is 69.6 cm³/mol. The molecule has 5 nitrogen and oxygen atoms in total. The molecule has 0 aliphatic rings. The molecule has 1 aromatic carbocycles. The van der Waals surface area contributed by atoms with Crippen molar-refractivity contribution >= 4 is 17.2 Å². The molecule has 0 aliphatic carbocycles. The second-order valence-corrected chi connectivity index (χ2v) is 3.59. The SMILES string of the molecule is COc1cccc(C#N)c1Nc1ccc(N)nc1. The molecule has 1 aromatic heterocycles. The number of para-hydroxylation sites is 1. The van der Waals surface area contributed by atoms with E-state index in [1.807, 2.05) is 0 Å². The topological polar surface area (TPSA) is 84.0 Å². The molecule has 0 fully saturated rings. The summed E-state index contributed by atoms with van der Waals surface area (Å²) in [6.45, 7) is 0. The van der Waals surface area contributed by atoms with E-state index >= 15 is 0 Å². The lowest BCUT2D eigenvalue weighted by atomic mass is 10.1. The Bertz CT molecular complexity index is 587. The van der Waals surface area contributed by atoms with Crippen molar-refractivity contribution in [2.45, 2.75) is 0 Å². The van der Waals surface area contributed by atoms with Gasteiger partial charge in [-0.2, -0.15) is 5.26 Å². The van der Waals surface area contributed by atoms with Crippen molar-refractivity contribution in [1.82, 2.24) is 4.98 Å². The molecular formula is C13H12N4O. The monoisotopic (exact) mass is 240 g/mol. The molecule has 0 aliphatic heterocycles. The quantitative estimate of drug-likeness (QED) is 0.859. The third-order valence-electron chi connectivity index (χ3n) is 2.42. The van der Waals surface area contributed by atoms with E-state index in [0.29, 0.717) is 22.8 Å². The molecule has 18 heavy (non-hydrogen) atoms. The van der Waals surface area contributed by atoms with Crippen molar-refractivity contribution < 1.29 is 4.74 Å². The number of anilines is 3. The zero-order valence-corrected chi connectivity index (χ0v) is 9.84. The fourth-order valence-electron chi connectivity index (χ4n) is 1.55. The van der Waals surface area contributed by atoms with Gasteiger partial charge in [0.25, 0.3) is 0 Å². The van der Waals surface area contributed by atoms with E-state index < -0.39 is 0 Å². The van der Waals surface area contributed by atoms with Crippen molar-refractivity contribution in [3.8, 4) is 11.8 Å². The van der Waals surface area contributed by atoms with Crippen LogP contribution in [0.1, 0.15) is 5.56 Å². The molecule has 0 amide bonds. The number of pyridine rings is 1. The van der Waals surface area contributed by atoms with Gasteiger partial charge in [-0.05, 0) is 24.3 Å². The number of benzene rings is 1. The van der Waals surface area contributed by atoms with Gasteiger partial charge in [-0.15, -0.1) is 0 Å². The number of rotatable bonds is 3. The average molecular weight is 240 g/mol. The minimum atomic E-state index is 0.445. The highest BCUT2D eigenvalue weighted by Gasteiger charge is 2.08. The molecule has 3 N–H and O–H groups in total. The van der Waals surface area contributed by atoms with E-state index in [1.165, 1.54) is 0 Å². The van der Waals surface area contributed by atoms with Crippen LogP contribution in [0, 0.1) is 11.3 Å². The number of methoxy groups -OCH3 is 1. The molecule has 90 valence electrons. The van der Waals surface area contributed by atoms with Crippen LogP contribution in [-0.2, 0) is 0 Å². The van der Waals surface area contributed by atoms with Crippen molar-refractivity contribution in [2.75, 3.05) is 18.2 Å². The van der Waals surface area contributed by atoms with Crippen LogP contribution in [-0.4, -0.2) is 12.1 Å². The minimum Gasteiger partial charge on any atom is -0.495 e. The van der Waals surface area contributed by atoms with E-state index in [9.17, 15) is 0 Å². The fraction of sp³-hybridized carbons (Fsp3) is 0.0769. The summed E-state index contributed by atoms with van der Waals surface area (Å²) in [5.41, 5.74) is 7.38. The first kappa shape index (κ1) is 11.7. The van der Waals surface area contributed by atoms with Crippen LogP contribution in [0.5, 0.6) is 5.75 Å². The summed E-state index contributed by atoms with van der Waals surface area (Å²) in [5.74, 6) is 1.05. The van der Waals surface area contributed by atoms with Gasteiger partial charge in [0, 0.05) is 0 Å². The molecular weight excluding hydrogens is 228 g/mol. The number of ether oxygens (including phenoxy) is 1. The smallest absolute Gasteiger partial charge is 0.143 e. The average Bonchev–Trinajstić information content (AvgIpc) is 2.41. The number of hydrogen-bond acceptors (Lipinski definition) is 5. The van der Waals surface area contributed by atoms with Gasteiger partial charge >= 0.3 is 0 Å². The van der Waals surface area contributed by atoms with E-state index in [4.69, 9.17) is 15.7 Å². The van der Waals surface area contributed by atoms with Crippen LogP contribution >= 0.6 is 0 Å². The zero-order chi connectivity index (χ0) is 13.0. The van der Waals surface area contributed by atoms with Crippen LogP contribution in [0.25, 0.3) is 0 Å². The van der Waals surface area contributed by atoms with Gasteiger partial charge in [0.15, 0.2) is 0 Å². The van der Waals surface area contributed by atoms with Crippen LogP contribution in [0.4, 0.5) is 17.2 Å². The van der Waals surface area contributed by atoms with E-state index in [-0.39, 0.29) is 0 Å². The highest BCUT2D eigenvalue weighted by molar-refractivity contribution is 5.72. The lowest BCUT2D eigenvalue weighted by Gasteiger charge is -2.12. The molecule has 0 radical (unpaired) electrons. The summed E-state index contributed by atoms with van der Waals surface area (Å²) in [6, 6.07) is 10.9. The summed E-state index contributed by atoms with van der Waals surface area (Å²) in [7, 11) is 1.56. The number of nitrogens with two attached hydrogens (primary N) is 1. The Balaban J connectivity index is 2.39. The minimum absolute atomic E-state index is 0.445. The molecule has 0 spiro atoms. The van der Waals surface area contributed by atoms with Crippen molar-refractivity contribution in [1.29, 1.82) is 5.26 Å². The van der Waals surface area contributed by atoms with E-state index in [1.54, 1.807) is 43.6 Å². The molecule has 0 atom stereocenters. The van der Waals surface area contributed by atoms with Gasteiger partial charge in [-0.1, -0.05) is 6.07 Å². The molecule has 0 saturated carbocycles. The lowest BCUT2D eigenvalue weighted by molar-refractivity contribution is 0.416. The molecule has 2 rings (SSSR count). The maximum absolute atomic E-state index is 9.08. The zero-order valence-electron chi connectivity index (χ0n) is 9.84. The Labute approximate surface area is 105 Å². The third kappa shape index (κ3) is 2.33. The number of nitrogens with zero attached hydrogens (tertiary/aromatic N) is 2. The summed E-state index contributed by atoms with van der Waals surface area (Å²) in [6.07, 6.45) is 1.60. The van der Waals surface area contributed by atoms with Crippen molar-refractivity contribution in [3.63, 3.8) is 0 Å². The van der Waals surface area contributed by atoms with E-state index in [0.717, 1.165) is 5.69 Å². The first-order chi connectivity index (χ1) is 8.74. The van der Waals surface area contributed by atoms with Gasteiger partial charge in [-0.25, -0.2) is 4.98 Å². The first-order valence-electron chi connectivity index (χ1n) is 5.30. The molecule has 2 aromatic rings. The lowest BCUT2D eigenvalue weighted by Crippen LogP contribution is -1.98. The van der Waals surface area contributed by atoms with Crippen LogP contribution in [0.2, 0.25) is 0 Å². The highest BCUT2D eigenvalue weighted by Crippen LogP contribution is 2.30. The summed E-state index contributed by atoms with van der Waals surface area (Å²) < 4.78 is 5.23. The van der Waals surface area contributed by atoms with Gasteiger partial charge in [-0.3, -0.25) is 0 Å². The van der Waals surface area contributed by atoms with Crippen molar-refractivity contribution in [3.05, 3.63) is 42.1 Å². The Kier molecular flexibility index (Phi) is 3.30. The molecule has 0 unspecified atom stereocenters. The number of hydrogen-bond donors (Lipinski definition) is 2. The summed E-state index contributed by atoms with van der Waals surface area (Å²) >= 11 is 0. The fourth-order valence-corrected chi connectivity index (χ4v) is 1.55. The first-order valence-corrected chi connectivity index (χ1v) is 5.30. The van der Waals surface area contributed by atoms with Crippen LogP contribution in [0.3, 0.4) is 0 Å². The Hall–Kier alpha value is -2.74. The van der Waals surface area contributed by atoms with Gasteiger partial charge < -0.3 is 15.8 Å². The molecule has 5 heteroatoms. The molecule has 1 heterocycles. The molecule has 0 saturated heterocycles. The van der Waals surface area contributed by atoms with Crippen molar-refractivity contribution in [2.24, 2.45) is 0 Å². The second kappa shape index (κ2) is 5.06. The number of nitrogens with one attached hydrogen (secondary N) is 1. The normalized spacial score (nSPS) is 9.56. The largest absolute Gasteiger partial charge is 0.495 e. The van der Waals surface area contributed by atoms with E-state index in [2.05, 4.69) is 16.4 Å². The Morgan fingerprint density at radius 1 is 1.33 bits per heavy atom. The van der Waals surface area contributed by atoms with Gasteiger partial charge in [0.2, 0.25) is 0 Å². The number of nitrogen functional groups attached to an aromatic ring is 1.